The van der Waals surface area contributed by atoms with Gasteiger partial charge in [-0.1, -0.05) is 36.4 Å². The summed E-state index contributed by atoms with van der Waals surface area (Å²) in [7, 11) is 0. The van der Waals surface area contributed by atoms with Gasteiger partial charge in [-0.15, -0.1) is 11.3 Å². The van der Waals surface area contributed by atoms with Gasteiger partial charge in [0.15, 0.2) is 6.54 Å². The SMILES string of the molecule is C[C@](C#N)(NC(=O)C[NH2+][C@H](c1ccccc1)c1cccs1)C1CC1. The standard InChI is InChI=1S/C19H21N3OS/c1-19(13-20,15-9-10-15)22-17(23)12-21-18(16-8-5-11-24-16)14-6-3-2-4-7-14/h2-8,11,15,18,21H,9-10,12H2,1H3,(H,22,23)/p+1/t18-,19-/m1/s1. The Morgan fingerprint density at radius 3 is 2.71 bits per heavy atom. The zero-order chi connectivity index (χ0) is 17.0. The second kappa shape index (κ2) is 7.16. The number of nitrogens with two attached hydrogens (primary N) is 1. The summed E-state index contributed by atoms with van der Waals surface area (Å²) in [5.74, 6) is 0.220. The molecule has 1 heterocycles. The molecule has 3 rings (SSSR count). The first-order valence-corrected chi connectivity index (χ1v) is 9.14. The number of thiophene rings is 1. The van der Waals surface area contributed by atoms with Crippen LogP contribution in [0.5, 0.6) is 0 Å². The Morgan fingerprint density at radius 1 is 1.38 bits per heavy atom. The minimum atomic E-state index is -0.726. The maximum atomic E-state index is 12.4. The predicted molar refractivity (Wildman–Crippen MR) is 94.3 cm³/mol. The van der Waals surface area contributed by atoms with Crippen LogP contribution in [0, 0.1) is 17.2 Å². The van der Waals surface area contributed by atoms with Crippen LogP contribution >= 0.6 is 11.3 Å². The molecular formula is C19H22N3OS+. The first-order valence-electron chi connectivity index (χ1n) is 8.26. The molecule has 4 nitrogen and oxygen atoms in total. The van der Waals surface area contributed by atoms with Crippen molar-refractivity contribution in [1.29, 1.82) is 5.26 Å². The molecule has 5 heteroatoms. The van der Waals surface area contributed by atoms with Crippen molar-refractivity contribution in [3.05, 3.63) is 58.3 Å². The third kappa shape index (κ3) is 3.84. The van der Waals surface area contributed by atoms with Gasteiger partial charge in [-0.2, -0.15) is 5.26 Å². The lowest BCUT2D eigenvalue weighted by Gasteiger charge is -2.23. The van der Waals surface area contributed by atoms with E-state index < -0.39 is 5.54 Å². The van der Waals surface area contributed by atoms with Crippen molar-refractivity contribution in [2.24, 2.45) is 5.92 Å². The van der Waals surface area contributed by atoms with E-state index in [1.807, 2.05) is 36.5 Å². The molecular weight excluding hydrogens is 318 g/mol. The van der Waals surface area contributed by atoms with Gasteiger partial charge in [0.2, 0.25) is 0 Å². The summed E-state index contributed by atoms with van der Waals surface area (Å²) in [5.41, 5.74) is 0.453. The summed E-state index contributed by atoms with van der Waals surface area (Å²) in [6.07, 6.45) is 2.05. The average Bonchev–Trinajstić information content (AvgIpc) is 3.33. The zero-order valence-corrected chi connectivity index (χ0v) is 14.6. The molecule has 24 heavy (non-hydrogen) atoms. The Balaban J connectivity index is 1.66. The van der Waals surface area contributed by atoms with Crippen molar-refractivity contribution >= 4 is 17.2 Å². The van der Waals surface area contributed by atoms with E-state index in [9.17, 15) is 10.1 Å². The number of rotatable bonds is 7. The summed E-state index contributed by atoms with van der Waals surface area (Å²) in [4.78, 5) is 13.6. The van der Waals surface area contributed by atoms with Crippen molar-refractivity contribution in [3.63, 3.8) is 0 Å². The van der Waals surface area contributed by atoms with E-state index >= 15 is 0 Å². The van der Waals surface area contributed by atoms with Gasteiger partial charge in [0.1, 0.15) is 11.6 Å². The van der Waals surface area contributed by atoms with Gasteiger partial charge in [0.25, 0.3) is 5.91 Å². The van der Waals surface area contributed by atoms with Gasteiger partial charge in [-0.25, -0.2) is 0 Å². The van der Waals surface area contributed by atoms with Crippen LogP contribution in [-0.2, 0) is 4.79 Å². The highest BCUT2D eigenvalue weighted by molar-refractivity contribution is 7.10. The fraction of sp³-hybridized carbons (Fsp3) is 0.368. The van der Waals surface area contributed by atoms with Crippen LogP contribution in [0.4, 0.5) is 0 Å². The van der Waals surface area contributed by atoms with E-state index in [1.165, 1.54) is 10.4 Å². The number of nitrogens with zero attached hydrogens (tertiary/aromatic N) is 1. The first-order chi connectivity index (χ1) is 11.6. The number of benzene rings is 1. The highest BCUT2D eigenvalue weighted by atomic mass is 32.1. The van der Waals surface area contributed by atoms with Crippen molar-refractivity contribution in [2.45, 2.75) is 31.3 Å². The summed E-state index contributed by atoms with van der Waals surface area (Å²) in [6, 6.07) is 16.7. The Labute approximate surface area is 146 Å². The number of nitriles is 1. The van der Waals surface area contributed by atoms with Crippen LogP contribution in [0.3, 0.4) is 0 Å². The third-order valence-electron chi connectivity index (χ3n) is 4.57. The minimum Gasteiger partial charge on any atom is -0.333 e. The summed E-state index contributed by atoms with van der Waals surface area (Å²) in [5, 5.41) is 16.4. The number of carbonyl (C=O) groups is 1. The largest absolute Gasteiger partial charge is 0.333 e. The fourth-order valence-electron chi connectivity index (χ4n) is 2.99. The van der Waals surface area contributed by atoms with E-state index in [-0.39, 0.29) is 11.9 Å². The van der Waals surface area contributed by atoms with Crippen LogP contribution in [0.25, 0.3) is 0 Å². The summed E-state index contributed by atoms with van der Waals surface area (Å²) in [6.45, 7) is 2.14. The molecule has 1 saturated carbocycles. The predicted octanol–water partition coefficient (Wildman–Crippen LogP) is 2.21. The van der Waals surface area contributed by atoms with Gasteiger partial charge in [0, 0.05) is 5.56 Å². The highest BCUT2D eigenvalue weighted by Gasteiger charge is 2.43. The van der Waals surface area contributed by atoms with E-state index in [1.54, 1.807) is 11.3 Å². The second-order valence-electron chi connectivity index (χ2n) is 6.48. The first kappa shape index (κ1) is 16.7. The molecule has 0 unspecified atom stereocenters. The lowest BCUT2D eigenvalue weighted by atomic mass is 9.98. The Morgan fingerprint density at radius 2 is 2.12 bits per heavy atom. The highest BCUT2D eigenvalue weighted by Crippen LogP contribution is 2.39. The third-order valence-corrected chi connectivity index (χ3v) is 5.53. The molecule has 2 aromatic rings. The van der Waals surface area contributed by atoms with E-state index in [2.05, 4.69) is 35.0 Å². The number of hydrogen-bond donors (Lipinski definition) is 2. The van der Waals surface area contributed by atoms with Crippen molar-refractivity contribution < 1.29 is 10.1 Å². The molecule has 124 valence electrons. The topological polar surface area (TPSA) is 69.5 Å². The Kier molecular flexibility index (Phi) is 4.98. The number of nitrogens with one attached hydrogen (secondary N) is 1. The molecule has 1 aromatic carbocycles. The van der Waals surface area contributed by atoms with Crippen LogP contribution in [-0.4, -0.2) is 18.0 Å². The summed E-state index contributed by atoms with van der Waals surface area (Å²) < 4.78 is 0. The lowest BCUT2D eigenvalue weighted by Crippen LogP contribution is -2.88. The van der Waals surface area contributed by atoms with Gasteiger partial charge in [-0.05, 0) is 37.1 Å². The molecule has 1 fully saturated rings. The quantitative estimate of drug-likeness (QED) is 0.811. The van der Waals surface area contributed by atoms with E-state index in [0.29, 0.717) is 12.5 Å². The normalized spacial score (nSPS) is 17.5. The zero-order valence-electron chi connectivity index (χ0n) is 13.7. The van der Waals surface area contributed by atoms with Crippen LogP contribution in [0.15, 0.2) is 47.8 Å². The van der Waals surface area contributed by atoms with E-state index in [4.69, 9.17) is 0 Å². The van der Waals surface area contributed by atoms with Crippen molar-refractivity contribution in [1.82, 2.24) is 5.32 Å². The molecule has 0 spiro atoms. The molecule has 3 N–H and O–H groups in total. The number of quaternary nitrogens is 1. The van der Waals surface area contributed by atoms with Crippen LogP contribution < -0.4 is 10.6 Å². The van der Waals surface area contributed by atoms with Crippen LogP contribution in [0.2, 0.25) is 0 Å². The molecule has 2 atom stereocenters. The van der Waals surface area contributed by atoms with Crippen molar-refractivity contribution in [3.8, 4) is 6.07 Å². The molecule has 0 bridgehead atoms. The van der Waals surface area contributed by atoms with Crippen LogP contribution in [0.1, 0.15) is 36.2 Å². The molecule has 0 aliphatic heterocycles. The molecule has 1 aliphatic carbocycles. The Hall–Kier alpha value is -2.16. The molecule has 1 amide bonds. The molecule has 0 radical (unpaired) electrons. The number of carbonyl (C=O) groups excluding carboxylic acids is 1. The molecule has 1 aromatic heterocycles. The molecule has 1 aliphatic rings. The number of hydrogen-bond acceptors (Lipinski definition) is 3. The monoisotopic (exact) mass is 340 g/mol. The summed E-state index contributed by atoms with van der Waals surface area (Å²) >= 11 is 1.69. The fourth-order valence-corrected chi connectivity index (χ4v) is 3.84. The molecule has 0 saturated heterocycles. The van der Waals surface area contributed by atoms with Gasteiger partial charge < -0.3 is 10.6 Å². The second-order valence-corrected chi connectivity index (χ2v) is 7.46. The van der Waals surface area contributed by atoms with Gasteiger partial charge in [0.05, 0.1) is 10.9 Å². The van der Waals surface area contributed by atoms with Crippen molar-refractivity contribution in [2.75, 3.05) is 6.54 Å². The maximum Gasteiger partial charge on any atom is 0.276 e. The maximum absolute atomic E-state index is 12.4. The lowest BCUT2D eigenvalue weighted by molar-refractivity contribution is -0.676. The number of amides is 1. The Bertz CT molecular complexity index is 719. The smallest absolute Gasteiger partial charge is 0.276 e. The van der Waals surface area contributed by atoms with Gasteiger partial charge >= 0.3 is 0 Å². The minimum absolute atomic E-state index is 0.0802. The van der Waals surface area contributed by atoms with Gasteiger partial charge in [-0.3, -0.25) is 4.79 Å². The van der Waals surface area contributed by atoms with E-state index in [0.717, 1.165) is 12.8 Å². The average molecular weight is 340 g/mol.